The van der Waals surface area contributed by atoms with Crippen molar-refractivity contribution in [1.82, 2.24) is 9.55 Å². The van der Waals surface area contributed by atoms with E-state index in [4.69, 9.17) is 0 Å². The van der Waals surface area contributed by atoms with E-state index in [1.165, 1.54) is 0 Å². The topological polar surface area (TPSA) is 52.0 Å². The average molecular weight is 335 g/mol. The zero-order chi connectivity index (χ0) is 14.5. The van der Waals surface area contributed by atoms with Crippen LogP contribution in [0.1, 0.15) is 28.8 Å². The number of nitrogens with zero attached hydrogens (tertiary/aromatic N) is 2. The number of aryl methyl sites for hydroxylation is 2. The van der Waals surface area contributed by atoms with Crippen molar-refractivity contribution in [2.45, 2.75) is 26.3 Å². The van der Waals surface area contributed by atoms with Crippen LogP contribution in [0.25, 0.3) is 0 Å². The van der Waals surface area contributed by atoms with Crippen LogP contribution >= 0.6 is 15.9 Å². The summed E-state index contributed by atoms with van der Waals surface area (Å²) in [4.78, 5) is 27.3. The van der Waals surface area contributed by atoms with Crippen molar-refractivity contribution in [3.05, 3.63) is 62.7 Å². The van der Waals surface area contributed by atoms with Gasteiger partial charge in [0, 0.05) is 35.4 Å². The molecular formula is C15H15BrN2O2. The first-order valence-corrected chi connectivity index (χ1v) is 7.17. The molecule has 0 bridgehead atoms. The first kappa shape index (κ1) is 14.7. The Morgan fingerprint density at radius 1 is 1.30 bits per heavy atom. The highest BCUT2D eigenvalue weighted by atomic mass is 79.9. The molecule has 0 amide bonds. The Labute approximate surface area is 125 Å². The fraction of sp³-hybridized carbons (Fsp3) is 0.267. The summed E-state index contributed by atoms with van der Waals surface area (Å²) in [6.07, 6.45) is 4.35. The van der Waals surface area contributed by atoms with E-state index in [1.807, 2.05) is 19.1 Å². The minimum absolute atomic E-state index is 0.0890. The van der Waals surface area contributed by atoms with E-state index in [2.05, 4.69) is 20.9 Å². The highest BCUT2D eigenvalue weighted by Gasteiger charge is 2.06. The largest absolute Gasteiger partial charge is 0.347 e. The molecule has 0 fully saturated rings. The summed E-state index contributed by atoms with van der Waals surface area (Å²) in [5.74, 6) is 0.0890. The summed E-state index contributed by atoms with van der Waals surface area (Å²) in [5.41, 5.74) is 1.36. The van der Waals surface area contributed by atoms with E-state index >= 15 is 0 Å². The SMILES string of the molecule is Cc1cnc(=O)n(CCCC(=O)c2ccc(Br)cc2)c1. The summed E-state index contributed by atoms with van der Waals surface area (Å²) in [5, 5.41) is 0. The van der Waals surface area contributed by atoms with E-state index in [0.29, 0.717) is 24.9 Å². The zero-order valence-electron chi connectivity index (χ0n) is 11.2. The maximum atomic E-state index is 12.0. The molecule has 0 N–H and O–H groups in total. The Morgan fingerprint density at radius 2 is 2.00 bits per heavy atom. The van der Waals surface area contributed by atoms with Crippen LogP contribution in [0, 0.1) is 6.92 Å². The number of aromatic nitrogens is 2. The molecule has 1 aromatic carbocycles. The van der Waals surface area contributed by atoms with Crippen molar-refractivity contribution in [2.75, 3.05) is 0 Å². The van der Waals surface area contributed by atoms with Gasteiger partial charge in [-0.15, -0.1) is 0 Å². The van der Waals surface area contributed by atoms with Crippen LogP contribution in [0.4, 0.5) is 0 Å². The first-order valence-electron chi connectivity index (χ1n) is 6.38. The molecule has 5 heteroatoms. The van der Waals surface area contributed by atoms with Gasteiger partial charge in [0.2, 0.25) is 0 Å². The third-order valence-electron chi connectivity index (χ3n) is 2.95. The van der Waals surface area contributed by atoms with Crippen molar-refractivity contribution in [3.63, 3.8) is 0 Å². The molecule has 0 radical (unpaired) electrons. The molecule has 0 aliphatic heterocycles. The van der Waals surface area contributed by atoms with Crippen LogP contribution in [0.15, 0.2) is 45.9 Å². The second-order valence-electron chi connectivity index (χ2n) is 4.64. The van der Waals surface area contributed by atoms with Crippen LogP contribution in [-0.4, -0.2) is 15.3 Å². The van der Waals surface area contributed by atoms with Crippen molar-refractivity contribution < 1.29 is 4.79 Å². The zero-order valence-corrected chi connectivity index (χ0v) is 12.8. The Balaban J connectivity index is 1.92. The lowest BCUT2D eigenvalue weighted by molar-refractivity contribution is 0.0978. The summed E-state index contributed by atoms with van der Waals surface area (Å²) >= 11 is 3.34. The molecule has 20 heavy (non-hydrogen) atoms. The third kappa shape index (κ3) is 3.87. The number of carbonyl (C=O) groups excluding carboxylic acids is 1. The molecule has 0 atom stereocenters. The van der Waals surface area contributed by atoms with Crippen molar-refractivity contribution in [1.29, 1.82) is 0 Å². The first-order chi connectivity index (χ1) is 9.56. The lowest BCUT2D eigenvalue weighted by Crippen LogP contribution is -2.22. The highest BCUT2D eigenvalue weighted by molar-refractivity contribution is 9.10. The molecule has 4 nitrogen and oxygen atoms in total. The monoisotopic (exact) mass is 334 g/mol. The number of halogens is 1. The fourth-order valence-electron chi connectivity index (χ4n) is 1.92. The molecule has 0 saturated heterocycles. The minimum atomic E-state index is -0.272. The van der Waals surface area contributed by atoms with Gasteiger partial charge in [-0.1, -0.05) is 28.1 Å². The lowest BCUT2D eigenvalue weighted by Gasteiger charge is -2.05. The van der Waals surface area contributed by atoms with Gasteiger partial charge in [0.1, 0.15) is 0 Å². The predicted molar refractivity (Wildman–Crippen MR) is 80.9 cm³/mol. The van der Waals surface area contributed by atoms with Gasteiger partial charge in [-0.3, -0.25) is 9.36 Å². The number of ketones is 1. The number of Topliss-reactive ketones (excluding diaryl/α,β-unsaturated/α-hetero) is 1. The molecule has 0 saturated carbocycles. The van der Waals surface area contributed by atoms with Gasteiger partial charge >= 0.3 is 5.69 Å². The number of benzene rings is 1. The number of carbonyl (C=O) groups is 1. The molecule has 2 aromatic rings. The van der Waals surface area contributed by atoms with E-state index in [-0.39, 0.29) is 11.5 Å². The molecule has 0 unspecified atom stereocenters. The Morgan fingerprint density at radius 3 is 2.70 bits per heavy atom. The summed E-state index contributed by atoms with van der Waals surface area (Å²) in [7, 11) is 0. The molecule has 2 rings (SSSR count). The second kappa shape index (κ2) is 6.61. The number of rotatable bonds is 5. The molecular weight excluding hydrogens is 320 g/mol. The van der Waals surface area contributed by atoms with Gasteiger partial charge in [0.15, 0.2) is 5.78 Å². The third-order valence-corrected chi connectivity index (χ3v) is 3.48. The van der Waals surface area contributed by atoms with Crippen molar-refractivity contribution in [2.24, 2.45) is 0 Å². The Hall–Kier alpha value is -1.75. The molecule has 0 spiro atoms. The predicted octanol–water partition coefficient (Wildman–Crippen LogP) is 2.98. The normalized spacial score (nSPS) is 10.5. The van der Waals surface area contributed by atoms with Crippen LogP contribution in [0.2, 0.25) is 0 Å². The van der Waals surface area contributed by atoms with Crippen LogP contribution in [0.5, 0.6) is 0 Å². The maximum absolute atomic E-state index is 12.0. The van der Waals surface area contributed by atoms with E-state index in [0.717, 1.165) is 10.0 Å². The van der Waals surface area contributed by atoms with Gasteiger partial charge < -0.3 is 0 Å². The molecule has 104 valence electrons. The quantitative estimate of drug-likeness (QED) is 0.790. The smallest absolute Gasteiger partial charge is 0.299 e. The Kier molecular flexibility index (Phi) is 4.84. The number of hydrogen-bond acceptors (Lipinski definition) is 3. The lowest BCUT2D eigenvalue weighted by atomic mass is 10.1. The van der Waals surface area contributed by atoms with Crippen LogP contribution in [-0.2, 0) is 6.54 Å². The van der Waals surface area contributed by atoms with Gasteiger partial charge in [0.25, 0.3) is 0 Å². The van der Waals surface area contributed by atoms with Gasteiger partial charge in [-0.2, -0.15) is 0 Å². The summed E-state index contributed by atoms with van der Waals surface area (Å²) < 4.78 is 2.50. The van der Waals surface area contributed by atoms with Crippen LogP contribution in [0.3, 0.4) is 0 Å². The molecule has 1 heterocycles. The van der Waals surface area contributed by atoms with Crippen molar-refractivity contribution in [3.8, 4) is 0 Å². The second-order valence-corrected chi connectivity index (χ2v) is 5.56. The maximum Gasteiger partial charge on any atom is 0.347 e. The van der Waals surface area contributed by atoms with Crippen molar-refractivity contribution >= 4 is 21.7 Å². The standard InChI is InChI=1S/C15H15BrN2O2/c1-11-9-17-15(20)18(10-11)8-2-3-14(19)12-4-6-13(16)7-5-12/h4-7,9-10H,2-3,8H2,1H3. The van der Waals surface area contributed by atoms with Gasteiger partial charge in [-0.25, -0.2) is 9.78 Å². The Bertz CT molecular complexity index is 662. The van der Waals surface area contributed by atoms with E-state index in [9.17, 15) is 9.59 Å². The molecule has 0 aliphatic rings. The molecule has 0 aliphatic carbocycles. The summed E-state index contributed by atoms with van der Waals surface area (Å²) in [6.45, 7) is 2.39. The molecule has 1 aromatic heterocycles. The fourth-order valence-corrected chi connectivity index (χ4v) is 2.18. The van der Waals surface area contributed by atoms with Gasteiger partial charge in [0.05, 0.1) is 0 Å². The average Bonchev–Trinajstić information content (AvgIpc) is 2.43. The van der Waals surface area contributed by atoms with E-state index < -0.39 is 0 Å². The van der Waals surface area contributed by atoms with E-state index in [1.54, 1.807) is 29.1 Å². The van der Waals surface area contributed by atoms with Gasteiger partial charge in [-0.05, 0) is 31.0 Å². The minimum Gasteiger partial charge on any atom is -0.299 e. The highest BCUT2D eigenvalue weighted by Crippen LogP contribution is 2.12. The van der Waals surface area contributed by atoms with Crippen LogP contribution < -0.4 is 5.69 Å². The number of hydrogen-bond donors (Lipinski definition) is 0. The summed E-state index contributed by atoms with van der Waals surface area (Å²) in [6, 6.07) is 7.30.